The number of likely N-dealkylation sites (N-methyl/N-ethyl adjacent to an activating group) is 2. The molecule has 0 unspecified atom stereocenters. The highest BCUT2D eigenvalue weighted by Gasteiger charge is 2.27. The van der Waals surface area contributed by atoms with E-state index in [1.807, 2.05) is 24.3 Å². The number of nitrogens with zero attached hydrogens (tertiary/aromatic N) is 4. The van der Waals surface area contributed by atoms with E-state index in [0.29, 0.717) is 16.7 Å². The molecule has 8 nitrogen and oxygen atoms in total. The Hall–Kier alpha value is -3.88. The van der Waals surface area contributed by atoms with Gasteiger partial charge in [-0.1, -0.05) is 19.9 Å². The second-order valence-corrected chi connectivity index (χ2v) is 10.2. The normalized spacial score (nSPS) is 17.0. The number of rotatable bonds is 9. The number of imide groups is 1. The Balaban J connectivity index is 1.34. The number of fused-ring (bicyclic) bond motifs is 1. The van der Waals surface area contributed by atoms with E-state index in [-0.39, 0.29) is 5.91 Å². The van der Waals surface area contributed by atoms with Crippen LogP contribution in [0.15, 0.2) is 67.1 Å². The van der Waals surface area contributed by atoms with Gasteiger partial charge in [-0.05, 0) is 73.7 Å². The Morgan fingerprint density at radius 3 is 2.36 bits per heavy atom. The lowest BCUT2D eigenvalue weighted by atomic mass is 9.92. The number of carbonyl (C=O) groups excluding carboxylic acids is 2. The van der Waals surface area contributed by atoms with Crippen LogP contribution in [0.25, 0.3) is 16.7 Å². The Morgan fingerprint density at radius 1 is 0.897 bits per heavy atom. The molecule has 39 heavy (non-hydrogen) atoms. The van der Waals surface area contributed by atoms with E-state index in [0.717, 1.165) is 69.2 Å². The predicted octanol–water partition coefficient (Wildman–Crippen LogP) is 3.97. The summed E-state index contributed by atoms with van der Waals surface area (Å²) in [6, 6.07) is 16.0. The lowest BCUT2D eigenvalue weighted by Crippen LogP contribution is -2.44. The molecule has 2 aliphatic rings. The Morgan fingerprint density at radius 2 is 1.64 bits per heavy atom. The number of aromatic nitrogens is 1. The first-order chi connectivity index (χ1) is 18.9. The van der Waals surface area contributed by atoms with E-state index in [1.165, 1.54) is 5.69 Å². The van der Waals surface area contributed by atoms with Crippen molar-refractivity contribution in [3.63, 3.8) is 0 Å². The number of nitrogens with one attached hydrogen (secondary N) is 2. The summed E-state index contributed by atoms with van der Waals surface area (Å²) in [5.74, 6) is -0.768. The van der Waals surface area contributed by atoms with Crippen molar-refractivity contribution in [2.45, 2.75) is 20.4 Å². The lowest BCUT2D eigenvalue weighted by Gasteiger charge is -2.34. The van der Waals surface area contributed by atoms with Gasteiger partial charge < -0.3 is 24.6 Å². The third-order valence-electron chi connectivity index (χ3n) is 7.80. The van der Waals surface area contributed by atoms with Gasteiger partial charge in [-0.15, -0.1) is 0 Å². The van der Waals surface area contributed by atoms with Crippen LogP contribution in [0.2, 0.25) is 0 Å². The number of carbonyl (C=O) groups is 2. The van der Waals surface area contributed by atoms with Crippen molar-refractivity contribution in [3.05, 3.63) is 78.3 Å². The molecular formula is C31H38N6O2. The summed E-state index contributed by atoms with van der Waals surface area (Å²) in [7, 11) is 2.15. The highest BCUT2D eigenvalue weighted by Crippen LogP contribution is 2.30. The van der Waals surface area contributed by atoms with Gasteiger partial charge in [0.15, 0.2) is 0 Å². The number of piperazine rings is 1. The van der Waals surface area contributed by atoms with E-state index in [1.54, 1.807) is 12.3 Å². The number of anilines is 2. The van der Waals surface area contributed by atoms with Crippen molar-refractivity contribution in [1.29, 1.82) is 0 Å². The highest BCUT2D eigenvalue weighted by atomic mass is 16.2. The van der Waals surface area contributed by atoms with E-state index in [2.05, 4.69) is 81.4 Å². The molecule has 2 aromatic carbocycles. The van der Waals surface area contributed by atoms with Crippen LogP contribution in [0, 0.1) is 0 Å². The van der Waals surface area contributed by atoms with Crippen LogP contribution in [0.3, 0.4) is 0 Å². The van der Waals surface area contributed by atoms with Crippen LogP contribution >= 0.6 is 0 Å². The van der Waals surface area contributed by atoms with Crippen LogP contribution in [0.1, 0.15) is 29.8 Å². The summed E-state index contributed by atoms with van der Waals surface area (Å²) in [5.41, 5.74) is 5.68. The number of hydrogen-bond donors (Lipinski definition) is 2. The minimum absolute atomic E-state index is 0.368. The monoisotopic (exact) mass is 526 g/mol. The molecule has 0 aliphatic carbocycles. The second kappa shape index (κ2) is 11.9. The fourth-order valence-electron chi connectivity index (χ4n) is 5.18. The molecule has 0 saturated carbocycles. The summed E-state index contributed by atoms with van der Waals surface area (Å²) in [6.45, 7) is 12.5. The van der Waals surface area contributed by atoms with Crippen molar-refractivity contribution >= 4 is 28.8 Å². The second-order valence-electron chi connectivity index (χ2n) is 10.2. The van der Waals surface area contributed by atoms with Gasteiger partial charge in [0.1, 0.15) is 0 Å². The molecule has 204 valence electrons. The molecule has 1 aromatic heterocycles. The van der Waals surface area contributed by atoms with Gasteiger partial charge in [0, 0.05) is 80.4 Å². The first kappa shape index (κ1) is 26.7. The molecule has 0 radical (unpaired) electrons. The maximum Gasteiger partial charge on any atom is 0.260 e. The number of benzene rings is 2. The minimum Gasteiger partial charge on any atom is -0.369 e. The van der Waals surface area contributed by atoms with Crippen molar-refractivity contribution in [2.75, 3.05) is 63.1 Å². The topological polar surface area (TPSA) is 72.8 Å². The first-order valence-corrected chi connectivity index (χ1v) is 13.8. The molecule has 5 rings (SSSR count). The zero-order chi connectivity index (χ0) is 27.4. The molecule has 8 heteroatoms. The summed E-state index contributed by atoms with van der Waals surface area (Å²) in [4.78, 5) is 32.6. The maximum atomic E-state index is 12.9. The van der Waals surface area contributed by atoms with E-state index >= 15 is 0 Å². The van der Waals surface area contributed by atoms with Gasteiger partial charge in [0.05, 0.1) is 5.57 Å². The van der Waals surface area contributed by atoms with Gasteiger partial charge >= 0.3 is 0 Å². The van der Waals surface area contributed by atoms with Crippen molar-refractivity contribution in [3.8, 4) is 11.1 Å². The Kier molecular flexibility index (Phi) is 8.14. The smallest absolute Gasteiger partial charge is 0.260 e. The van der Waals surface area contributed by atoms with Crippen LogP contribution in [0.5, 0.6) is 0 Å². The zero-order valence-electron chi connectivity index (χ0n) is 23.1. The molecule has 3 aromatic rings. The number of amides is 2. The predicted molar refractivity (Wildman–Crippen MR) is 158 cm³/mol. The Bertz CT molecular complexity index is 1350. The first-order valence-electron chi connectivity index (χ1n) is 13.8. The largest absolute Gasteiger partial charge is 0.369 e. The molecule has 0 bridgehead atoms. The summed E-state index contributed by atoms with van der Waals surface area (Å²) in [5, 5.41) is 5.74. The third-order valence-corrected chi connectivity index (χ3v) is 7.80. The molecule has 1 fully saturated rings. The molecule has 1 saturated heterocycles. The quantitative estimate of drug-likeness (QED) is 0.325. The SMILES string of the molecule is CCN(CC)CCn1ccc(-c2ccc3c(c2)/C(=C/Nc2ccc(N4CCN(C)CC4)cc2)C(=O)NC3=O)c1. The van der Waals surface area contributed by atoms with E-state index < -0.39 is 5.91 Å². The maximum absolute atomic E-state index is 12.9. The van der Waals surface area contributed by atoms with Crippen LogP contribution in [0.4, 0.5) is 11.4 Å². The standard InChI is InChI=1S/C31H38N6O2/c1-4-35(5-2)16-17-36-13-12-24(22-36)23-6-11-27-28(20-23)29(31(39)33-30(27)38)21-32-25-7-9-26(10-8-25)37-18-14-34(3)15-19-37/h6-13,20-22,32H,4-5,14-19H2,1-3H3,(H,33,38,39)/b29-21-. The molecule has 2 amide bonds. The van der Waals surface area contributed by atoms with Crippen LogP contribution < -0.4 is 15.5 Å². The lowest BCUT2D eigenvalue weighted by molar-refractivity contribution is -0.114. The molecule has 2 N–H and O–H groups in total. The van der Waals surface area contributed by atoms with Gasteiger partial charge in [0.2, 0.25) is 0 Å². The molecule has 3 heterocycles. The summed E-state index contributed by atoms with van der Waals surface area (Å²) >= 11 is 0. The summed E-state index contributed by atoms with van der Waals surface area (Å²) in [6.07, 6.45) is 5.91. The third kappa shape index (κ3) is 6.08. The molecule has 2 aliphatic heterocycles. The van der Waals surface area contributed by atoms with E-state index in [9.17, 15) is 9.59 Å². The minimum atomic E-state index is -0.400. The average molecular weight is 527 g/mol. The van der Waals surface area contributed by atoms with Crippen LogP contribution in [-0.4, -0.2) is 79.0 Å². The van der Waals surface area contributed by atoms with Gasteiger partial charge in [-0.3, -0.25) is 14.9 Å². The van der Waals surface area contributed by atoms with Crippen LogP contribution in [-0.2, 0) is 11.3 Å². The fourth-order valence-corrected chi connectivity index (χ4v) is 5.18. The fraction of sp³-hybridized carbons (Fsp3) is 0.355. The van der Waals surface area contributed by atoms with Crippen molar-refractivity contribution in [2.24, 2.45) is 0 Å². The number of hydrogen-bond acceptors (Lipinski definition) is 6. The average Bonchev–Trinajstić information content (AvgIpc) is 3.43. The van der Waals surface area contributed by atoms with Gasteiger partial charge in [-0.25, -0.2) is 0 Å². The van der Waals surface area contributed by atoms with Gasteiger partial charge in [-0.2, -0.15) is 0 Å². The van der Waals surface area contributed by atoms with Gasteiger partial charge in [0.25, 0.3) is 11.8 Å². The zero-order valence-corrected chi connectivity index (χ0v) is 23.1. The Labute approximate surface area is 230 Å². The molecule has 0 spiro atoms. The molecule has 0 atom stereocenters. The van der Waals surface area contributed by atoms with Crippen molar-refractivity contribution < 1.29 is 9.59 Å². The molecular weight excluding hydrogens is 488 g/mol. The summed E-state index contributed by atoms with van der Waals surface area (Å²) < 4.78 is 2.19. The highest BCUT2D eigenvalue weighted by molar-refractivity contribution is 6.31. The van der Waals surface area contributed by atoms with Crippen molar-refractivity contribution in [1.82, 2.24) is 19.7 Å². The van der Waals surface area contributed by atoms with E-state index in [4.69, 9.17) is 0 Å².